The lowest BCUT2D eigenvalue weighted by atomic mass is 10.1. The molecule has 7 nitrogen and oxygen atoms in total. The van der Waals surface area contributed by atoms with Crippen LogP contribution in [0.5, 0.6) is 0 Å². The lowest BCUT2D eigenvalue weighted by molar-refractivity contribution is -0.131. The monoisotopic (exact) mass is 358 g/mol. The number of hydrogen-bond acceptors (Lipinski definition) is 7. The first kappa shape index (κ1) is 18.2. The second-order valence-corrected chi connectivity index (χ2v) is 8.60. The van der Waals surface area contributed by atoms with Gasteiger partial charge < -0.3 is 15.0 Å². The van der Waals surface area contributed by atoms with E-state index in [4.69, 9.17) is 4.74 Å². The zero-order valence-electron chi connectivity index (χ0n) is 13.8. The summed E-state index contributed by atoms with van der Waals surface area (Å²) in [6.07, 6.45) is 0.247. The van der Waals surface area contributed by atoms with E-state index in [9.17, 15) is 9.59 Å². The summed E-state index contributed by atoms with van der Waals surface area (Å²) < 4.78 is 5.77. The van der Waals surface area contributed by atoms with Gasteiger partial charge in [-0.2, -0.15) is 0 Å². The number of rotatable bonds is 6. The summed E-state index contributed by atoms with van der Waals surface area (Å²) >= 11 is 2.87. The van der Waals surface area contributed by atoms with E-state index in [1.807, 2.05) is 20.8 Å². The number of likely N-dealkylation sites (tertiary alicyclic amines) is 1. The molecule has 1 aromatic rings. The summed E-state index contributed by atoms with van der Waals surface area (Å²) in [5, 5.41) is 11.2. The normalized spacial score (nSPS) is 18.5. The number of carbonyl (C=O) groups excluding carboxylic acids is 2. The molecule has 0 aliphatic carbocycles. The largest absolute Gasteiger partial charge is 0.384 e. The average molecular weight is 358 g/mol. The minimum Gasteiger partial charge on any atom is -0.384 e. The fourth-order valence-electron chi connectivity index (χ4n) is 2.27. The molecule has 23 heavy (non-hydrogen) atoms. The van der Waals surface area contributed by atoms with Crippen LogP contribution in [-0.2, 0) is 14.3 Å². The maximum absolute atomic E-state index is 12.3. The highest BCUT2D eigenvalue weighted by atomic mass is 32.2. The fraction of sp³-hybridized carbons (Fsp3) is 0.714. The Morgan fingerprint density at radius 3 is 2.83 bits per heavy atom. The molecule has 0 spiro atoms. The molecule has 9 heteroatoms. The Kier molecular flexibility index (Phi) is 5.99. The number of anilines is 1. The van der Waals surface area contributed by atoms with E-state index in [1.165, 1.54) is 23.1 Å². The van der Waals surface area contributed by atoms with E-state index in [2.05, 4.69) is 15.5 Å². The molecule has 1 N–H and O–H groups in total. The van der Waals surface area contributed by atoms with E-state index in [0.29, 0.717) is 18.3 Å². The number of nitrogens with zero attached hydrogens (tertiary/aromatic N) is 3. The van der Waals surface area contributed by atoms with Gasteiger partial charge in [0.15, 0.2) is 4.34 Å². The van der Waals surface area contributed by atoms with Crippen LogP contribution in [0.4, 0.5) is 5.13 Å². The number of thioether (sulfide) groups is 1. The second kappa shape index (κ2) is 7.59. The molecule has 2 heterocycles. The maximum atomic E-state index is 12.3. The Balaban J connectivity index is 1.89. The van der Waals surface area contributed by atoms with Crippen molar-refractivity contribution in [1.29, 1.82) is 0 Å². The molecule has 1 atom stereocenters. The Morgan fingerprint density at radius 1 is 1.48 bits per heavy atom. The zero-order valence-corrected chi connectivity index (χ0v) is 15.4. The van der Waals surface area contributed by atoms with Crippen LogP contribution in [0.25, 0.3) is 0 Å². The van der Waals surface area contributed by atoms with E-state index >= 15 is 0 Å². The molecule has 0 bridgehead atoms. The van der Waals surface area contributed by atoms with E-state index in [1.54, 1.807) is 12.0 Å². The van der Waals surface area contributed by atoms with Gasteiger partial charge in [0.1, 0.15) is 0 Å². The highest BCUT2D eigenvalue weighted by Gasteiger charge is 2.39. The van der Waals surface area contributed by atoms with Crippen molar-refractivity contribution in [3.8, 4) is 0 Å². The molecule has 0 radical (unpaired) electrons. The van der Waals surface area contributed by atoms with Crippen LogP contribution in [0, 0.1) is 5.92 Å². The van der Waals surface area contributed by atoms with Crippen LogP contribution in [0.3, 0.4) is 0 Å². The molecule has 0 unspecified atom stereocenters. The number of aromatic nitrogens is 2. The molecular weight excluding hydrogens is 336 g/mol. The number of nitrogens with one attached hydrogen (secondary N) is 1. The van der Waals surface area contributed by atoms with Crippen LogP contribution < -0.4 is 5.32 Å². The smallest absolute Gasteiger partial charge is 0.231 e. The predicted octanol–water partition coefficient (Wildman–Crippen LogP) is 1.86. The summed E-state index contributed by atoms with van der Waals surface area (Å²) in [7, 11) is 1.65. The van der Waals surface area contributed by atoms with Crippen molar-refractivity contribution < 1.29 is 14.3 Å². The van der Waals surface area contributed by atoms with Crippen LogP contribution in [0.15, 0.2) is 4.34 Å². The second-order valence-electron chi connectivity index (χ2n) is 6.28. The first-order valence-electron chi connectivity index (χ1n) is 7.38. The molecule has 1 aromatic heterocycles. The van der Waals surface area contributed by atoms with Crippen molar-refractivity contribution in [2.75, 3.05) is 31.3 Å². The zero-order chi connectivity index (χ0) is 17.0. The van der Waals surface area contributed by atoms with Gasteiger partial charge in [-0.15, -0.1) is 10.2 Å². The summed E-state index contributed by atoms with van der Waals surface area (Å²) in [6.45, 7) is 7.00. The summed E-state index contributed by atoms with van der Waals surface area (Å²) in [5.41, 5.74) is -0.264. The number of amides is 2. The Labute approximate surface area is 144 Å². The van der Waals surface area contributed by atoms with E-state index in [-0.39, 0.29) is 29.7 Å². The molecule has 2 amide bonds. The maximum Gasteiger partial charge on any atom is 0.231 e. The van der Waals surface area contributed by atoms with Crippen LogP contribution in [-0.4, -0.2) is 58.5 Å². The third-order valence-electron chi connectivity index (χ3n) is 3.46. The molecule has 128 valence electrons. The molecular formula is C14H22N4O3S2. The Bertz CT molecular complexity index is 571. The van der Waals surface area contributed by atoms with Crippen LogP contribution >= 0.6 is 23.1 Å². The van der Waals surface area contributed by atoms with Gasteiger partial charge in [-0.25, -0.2) is 0 Å². The van der Waals surface area contributed by atoms with E-state index < -0.39 is 0 Å². The molecule has 2 rings (SSSR count). The standard InChI is InChI=1S/C14H22N4O3S2/c1-14(2,3)18-8-9(7-10(18)19)11(20)15-12-16-17-13(23-12)22-6-5-21-4/h9H,5-8H2,1-4H3,(H,15,16,20)/t9-/m1/s1. The Morgan fingerprint density at radius 2 is 2.22 bits per heavy atom. The van der Waals surface area contributed by atoms with Gasteiger partial charge in [-0.1, -0.05) is 23.1 Å². The van der Waals surface area contributed by atoms with Crippen molar-refractivity contribution in [3.05, 3.63) is 0 Å². The van der Waals surface area contributed by atoms with Crippen molar-refractivity contribution in [2.24, 2.45) is 5.92 Å². The van der Waals surface area contributed by atoms with Gasteiger partial charge >= 0.3 is 0 Å². The lowest BCUT2D eigenvalue weighted by Crippen LogP contribution is -2.42. The quantitative estimate of drug-likeness (QED) is 0.475. The van der Waals surface area contributed by atoms with Crippen LogP contribution in [0.1, 0.15) is 27.2 Å². The lowest BCUT2D eigenvalue weighted by Gasteiger charge is -2.31. The van der Waals surface area contributed by atoms with Gasteiger partial charge in [-0.05, 0) is 20.8 Å². The minimum absolute atomic E-state index is 0.0192. The molecule has 1 saturated heterocycles. The minimum atomic E-state index is -0.338. The first-order valence-corrected chi connectivity index (χ1v) is 9.18. The fourth-order valence-corrected chi connectivity index (χ4v) is 4.00. The van der Waals surface area contributed by atoms with Gasteiger partial charge in [0.05, 0.1) is 12.5 Å². The number of carbonyl (C=O) groups is 2. The SMILES string of the molecule is COCCSc1nnc(NC(=O)[C@@H]2CC(=O)N(C(C)(C)C)C2)s1. The summed E-state index contributed by atoms with van der Waals surface area (Å²) in [6, 6.07) is 0. The van der Waals surface area contributed by atoms with Gasteiger partial charge in [0.2, 0.25) is 16.9 Å². The molecule has 1 aliphatic heterocycles. The predicted molar refractivity (Wildman–Crippen MR) is 90.7 cm³/mol. The molecule has 1 fully saturated rings. The van der Waals surface area contributed by atoms with Crippen molar-refractivity contribution in [2.45, 2.75) is 37.1 Å². The van der Waals surface area contributed by atoms with Gasteiger partial charge in [0, 0.05) is 31.4 Å². The van der Waals surface area contributed by atoms with Crippen molar-refractivity contribution >= 4 is 40.0 Å². The van der Waals surface area contributed by atoms with Crippen LogP contribution in [0.2, 0.25) is 0 Å². The van der Waals surface area contributed by atoms with E-state index in [0.717, 1.165) is 10.1 Å². The molecule has 1 aliphatic rings. The van der Waals surface area contributed by atoms with Gasteiger partial charge in [0.25, 0.3) is 0 Å². The third-order valence-corrected chi connectivity index (χ3v) is 5.39. The first-order chi connectivity index (χ1) is 10.8. The van der Waals surface area contributed by atoms with Crippen molar-refractivity contribution in [1.82, 2.24) is 15.1 Å². The third kappa shape index (κ3) is 4.89. The Hall–Kier alpha value is -1.19. The van der Waals surface area contributed by atoms with Crippen molar-refractivity contribution in [3.63, 3.8) is 0 Å². The highest BCUT2D eigenvalue weighted by molar-refractivity contribution is 8.01. The molecule has 0 saturated carbocycles. The topological polar surface area (TPSA) is 84.4 Å². The average Bonchev–Trinajstić information content (AvgIpc) is 3.05. The highest BCUT2D eigenvalue weighted by Crippen LogP contribution is 2.28. The summed E-state index contributed by atoms with van der Waals surface area (Å²) in [5.74, 6) is 0.298. The number of methoxy groups -OCH3 is 1. The number of ether oxygens (including phenoxy) is 1. The molecule has 0 aromatic carbocycles. The van der Waals surface area contributed by atoms with Gasteiger partial charge in [-0.3, -0.25) is 9.59 Å². The summed E-state index contributed by atoms with van der Waals surface area (Å²) in [4.78, 5) is 26.1. The number of hydrogen-bond donors (Lipinski definition) is 1.